The topological polar surface area (TPSA) is 30.0 Å². The number of hydrogen-bond donors (Lipinski definition) is 0. The van der Waals surface area contributed by atoms with E-state index < -0.39 is 0 Å². The third-order valence-electron chi connectivity index (χ3n) is 1.14. The Balaban J connectivity index is 0.000000561. The van der Waals surface area contributed by atoms with Crippen molar-refractivity contribution in [3.8, 4) is 0 Å². The Hall–Kier alpha value is -0.890. The average Bonchev–Trinajstić information content (AvgIpc) is 2.08. The molecule has 0 N–H and O–H groups in total. The van der Waals surface area contributed by atoms with Crippen LogP contribution in [0.3, 0.4) is 0 Å². The summed E-state index contributed by atoms with van der Waals surface area (Å²) in [5.41, 5.74) is 0.476. The highest BCUT2D eigenvalue weighted by molar-refractivity contribution is 6.32. The van der Waals surface area contributed by atoms with Gasteiger partial charge in [0.05, 0.1) is 5.56 Å². The predicted molar refractivity (Wildman–Crippen MR) is 50.6 cm³/mol. The van der Waals surface area contributed by atoms with Crippen molar-refractivity contribution in [3.05, 3.63) is 29.0 Å². The van der Waals surface area contributed by atoms with Gasteiger partial charge in [-0.2, -0.15) is 0 Å². The fraction of sp³-hybridized carbons (Fsp3) is 0.333. The van der Waals surface area contributed by atoms with Gasteiger partial charge in [-0.3, -0.25) is 4.79 Å². The van der Waals surface area contributed by atoms with Crippen LogP contribution in [0.5, 0.6) is 0 Å². The molecule has 0 aliphatic heterocycles. The van der Waals surface area contributed by atoms with Crippen molar-refractivity contribution in [1.29, 1.82) is 0 Å². The van der Waals surface area contributed by atoms with E-state index in [0.717, 1.165) is 0 Å². The Labute approximate surface area is 77.6 Å². The monoisotopic (exact) mass is 185 g/mol. The molecule has 1 rings (SSSR count). The van der Waals surface area contributed by atoms with Crippen LogP contribution in [-0.4, -0.2) is 10.8 Å². The van der Waals surface area contributed by atoms with Crippen LogP contribution in [0.4, 0.5) is 0 Å². The van der Waals surface area contributed by atoms with E-state index in [2.05, 4.69) is 4.98 Å². The number of carbonyl (C=O) groups is 1. The Kier molecular flexibility index (Phi) is 5.30. The maximum atomic E-state index is 10.7. The van der Waals surface area contributed by atoms with Gasteiger partial charge in [-0.15, -0.1) is 0 Å². The first kappa shape index (κ1) is 11.1. The lowest BCUT2D eigenvalue weighted by molar-refractivity contribution is 0.101. The van der Waals surface area contributed by atoms with E-state index in [1.165, 1.54) is 6.92 Å². The lowest BCUT2D eigenvalue weighted by Gasteiger charge is -1.94. The van der Waals surface area contributed by atoms with Crippen molar-refractivity contribution >= 4 is 17.4 Å². The van der Waals surface area contributed by atoms with Crippen LogP contribution in [-0.2, 0) is 0 Å². The van der Waals surface area contributed by atoms with Crippen molar-refractivity contribution in [2.45, 2.75) is 20.8 Å². The third-order valence-corrected chi connectivity index (χ3v) is 1.44. The molecular weight excluding hydrogens is 174 g/mol. The highest BCUT2D eigenvalue weighted by Gasteiger charge is 2.03. The molecule has 2 nitrogen and oxygen atoms in total. The lowest BCUT2D eigenvalue weighted by Crippen LogP contribution is -1.93. The van der Waals surface area contributed by atoms with Gasteiger partial charge in [-0.05, 0) is 19.1 Å². The molecule has 0 aromatic carbocycles. The minimum absolute atomic E-state index is 0.0573. The zero-order chi connectivity index (χ0) is 9.56. The molecule has 0 saturated carbocycles. The summed E-state index contributed by atoms with van der Waals surface area (Å²) in [6.45, 7) is 5.46. The van der Waals surface area contributed by atoms with Crippen molar-refractivity contribution in [1.82, 2.24) is 4.98 Å². The van der Waals surface area contributed by atoms with Crippen LogP contribution in [0.1, 0.15) is 31.1 Å². The number of halogens is 1. The zero-order valence-electron chi connectivity index (χ0n) is 7.47. The molecular formula is C9H12ClNO. The highest BCUT2D eigenvalue weighted by Crippen LogP contribution is 2.10. The number of rotatable bonds is 1. The Morgan fingerprint density at radius 2 is 2.08 bits per heavy atom. The van der Waals surface area contributed by atoms with Crippen molar-refractivity contribution < 1.29 is 4.79 Å². The van der Waals surface area contributed by atoms with Crippen LogP contribution in [0, 0.1) is 0 Å². The summed E-state index contributed by atoms with van der Waals surface area (Å²) in [7, 11) is 0. The number of carbonyl (C=O) groups excluding carboxylic acids is 1. The number of pyridine rings is 1. The van der Waals surface area contributed by atoms with Gasteiger partial charge in [-0.25, -0.2) is 4.98 Å². The Morgan fingerprint density at radius 1 is 1.50 bits per heavy atom. The molecule has 66 valence electrons. The molecule has 0 spiro atoms. The summed E-state index contributed by atoms with van der Waals surface area (Å²) in [5.74, 6) is -0.0573. The van der Waals surface area contributed by atoms with Crippen LogP contribution >= 0.6 is 11.6 Å². The third kappa shape index (κ3) is 3.01. The normalized spacial score (nSPS) is 8.33. The van der Waals surface area contributed by atoms with Gasteiger partial charge in [0.25, 0.3) is 0 Å². The van der Waals surface area contributed by atoms with Crippen molar-refractivity contribution in [2.75, 3.05) is 0 Å². The van der Waals surface area contributed by atoms with Gasteiger partial charge in [0, 0.05) is 6.20 Å². The number of ketones is 1. The van der Waals surface area contributed by atoms with Gasteiger partial charge in [-0.1, -0.05) is 25.4 Å². The first-order chi connectivity index (χ1) is 5.72. The summed E-state index contributed by atoms with van der Waals surface area (Å²) in [4.78, 5) is 14.5. The molecule has 1 heterocycles. The lowest BCUT2D eigenvalue weighted by atomic mass is 10.2. The number of aromatic nitrogens is 1. The van der Waals surface area contributed by atoms with Gasteiger partial charge in [0.15, 0.2) is 5.78 Å². The minimum Gasteiger partial charge on any atom is -0.294 e. The fourth-order valence-electron chi connectivity index (χ4n) is 0.649. The predicted octanol–water partition coefficient (Wildman–Crippen LogP) is 2.96. The van der Waals surface area contributed by atoms with E-state index in [1.807, 2.05) is 13.8 Å². The number of Topliss-reactive ketones (excluding diaryl/α,β-unsaturated/α-hetero) is 1. The largest absolute Gasteiger partial charge is 0.294 e. The van der Waals surface area contributed by atoms with Crippen molar-refractivity contribution in [2.24, 2.45) is 0 Å². The second kappa shape index (κ2) is 5.72. The van der Waals surface area contributed by atoms with Gasteiger partial charge >= 0.3 is 0 Å². The zero-order valence-corrected chi connectivity index (χ0v) is 8.22. The smallest absolute Gasteiger partial charge is 0.162 e. The van der Waals surface area contributed by atoms with E-state index in [-0.39, 0.29) is 10.9 Å². The number of nitrogens with zero attached hydrogens (tertiary/aromatic N) is 1. The molecule has 0 saturated heterocycles. The van der Waals surface area contributed by atoms with E-state index in [0.29, 0.717) is 5.56 Å². The highest BCUT2D eigenvalue weighted by atomic mass is 35.5. The summed E-state index contributed by atoms with van der Waals surface area (Å²) in [6.07, 6.45) is 1.55. The quantitative estimate of drug-likeness (QED) is 0.498. The molecule has 0 fully saturated rings. The van der Waals surface area contributed by atoms with Crippen LogP contribution in [0.15, 0.2) is 18.3 Å². The van der Waals surface area contributed by atoms with Crippen LogP contribution in [0.25, 0.3) is 0 Å². The van der Waals surface area contributed by atoms with E-state index in [4.69, 9.17) is 11.6 Å². The SMILES string of the molecule is CC.CC(=O)c1cccnc1Cl. The second-order valence-electron chi connectivity index (χ2n) is 1.90. The molecule has 0 atom stereocenters. The summed E-state index contributed by atoms with van der Waals surface area (Å²) < 4.78 is 0. The standard InChI is InChI=1S/C7H6ClNO.C2H6/c1-5(10)6-3-2-4-9-7(6)8;1-2/h2-4H,1H3;1-2H3. The molecule has 0 radical (unpaired) electrons. The van der Waals surface area contributed by atoms with E-state index >= 15 is 0 Å². The summed E-state index contributed by atoms with van der Waals surface area (Å²) in [6, 6.07) is 3.33. The molecule has 0 unspecified atom stereocenters. The molecule has 0 aliphatic carbocycles. The molecule has 1 aromatic rings. The first-order valence-corrected chi connectivity index (χ1v) is 4.21. The van der Waals surface area contributed by atoms with Gasteiger partial charge in [0.2, 0.25) is 0 Å². The van der Waals surface area contributed by atoms with E-state index in [9.17, 15) is 4.79 Å². The minimum atomic E-state index is -0.0573. The molecule has 3 heteroatoms. The molecule has 0 aliphatic rings. The molecule has 0 amide bonds. The Bertz CT molecular complexity index is 260. The first-order valence-electron chi connectivity index (χ1n) is 3.83. The van der Waals surface area contributed by atoms with Crippen LogP contribution < -0.4 is 0 Å². The van der Waals surface area contributed by atoms with E-state index in [1.54, 1.807) is 18.3 Å². The van der Waals surface area contributed by atoms with Gasteiger partial charge in [0.1, 0.15) is 5.15 Å². The fourth-order valence-corrected chi connectivity index (χ4v) is 0.901. The van der Waals surface area contributed by atoms with Gasteiger partial charge < -0.3 is 0 Å². The maximum Gasteiger partial charge on any atom is 0.162 e. The summed E-state index contributed by atoms with van der Waals surface area (Å²) in [5, 5.41) is 0.273. The molecule has 0 bridgehead atoms. The maximum absolute atomic E-state index is 10.7. The molecule has 12 heavy (non-hydrogen) atoms. The average molecular weight is 186 g/mol. The second-order valence-corrected chi connectivity index (χ2v) is 2.26. The molecule has 1 aromatic heterocycles. The van der Waals surface area contributed by atoms with Crippen LogP contribution in [0.2, 0.25) is 5.15 Å². The Morgan fingerprint density at radius 3 is 2.42 bits per heavy atom. The number of hydrogen-bond acceptors (Lipinski definition) is 2. The summed E-state index contributed by atoms with van der Waals surface area (Å²) >= 11 is 5.59. The van der Waals surface area contributed by atoms with Crippen molar-refractivity contribution in [3.63, 3.8) is 0 Å².